The number of hydrogen-bond acceptors (Lipinski definition) is 4. The molecule has 0 saturated heterocycles. The molecule has 0 aliphatic rings. The Morgan fingerprint density at radius 2 is 2.00 bits per heavy atom. The molecule has 0 unspecified atom stereocenters. The summed E-state index contributed by atoms with van der Waals surface area (Å²) >= 11 is 0. The number of nitro groups is 1. The van der Waals surface area contributed by atoms with Crippen molar-refractivity contribution >= 4 is 20.0 Å². The minimum Gasteiger partial charge on any atom is -0.540 e. The van der Waals surface area contributed by atoms with E-state index in [0.29, 0.717) is 0 Å². The molecule has 0 aliphatic heterocycles. The van der Waals surface area contributed by atoms with Gasteiger partial charge in [-0.3, -0.25) is 10.1 Å². The van der Waals surface area contributed by atoms with Crippen LogP contribution in [0, 0.1) is 10.1 Å². The average Bonchev–Trinajstić information content (AvgIpc) is 2.14. The second-order valence-corrected chi connectivity index (χ2v) is 8.89. The van der Waals surface area contributed by atoms with Crippen LogP contribution in [-0.2, 0) is 0 Å². The van der Waals surface area contributed by atoms with Crippen molar-refractivity contribution in [2.75, 3.05) is 0 Å². The molecule has 17 heavy (non-hydrogen) atoms. The SMILES string of the molecule is C[Si](C)(C)Oc1cc(C(=O)O)ccc1[N+](=O)[O-]. The van der Waals surface area contributed by atoms with E-state index >= 15 is 0 Å². The fraction of sp³-hybridized carbons (Fsp3) is 0.300. The van der Waals surface area contributed by atoms with Gasteiger partial charge in [-0.05, 0) is 25.7 Å². The summed E-state index contributed by atoms with van der Waals surface area (Å²) in [6, 6.07) is 3.54. The van der Waals surface area contributed by atoms with E-state index in [9.17, 15) is 14.9 Å². The summed E-state index contributed by atoms with van der Waals surface area (Å²) in [6.45, 7) is 5.60. The third kappa shape index (κ3) is 3.56. The predicted octanol–water partition coefficient (Wildman–Crippen LogP) is 2.51. The van der Waals surface area contributed by atoms with Gasteiger partial charge in [-0.2, -0.15) is 0 Å². The van der Waals surface area contributed by atoms with Crippen LogP contribution >= 0.6 is 0 Å². The standard InChI is InChI=1S/C10H13NO5Si/c1-17(2,3)16-9-6-7(10(12)13)4-5-8(9)11(14)15/h4-6H,1-3H3,(H,12,13). The molecule has 0 bridgehead atoms. The first-order chi connectivity index (χ1) is 7.70. The molecule has 1 aromatic carbocycles. The minimum absolute atomic E-state index is 0.0223. The number of aromatic carboxylic acids is 1. The average molecular weight is 255 g/mol. The van der Waals surface area contributed by atoms with Gasteiger partial charge in [0.2, 0.25) is 8.32 Å². The van der Waals surface area contributed by atoms with E-state index in [4.69, 9.17) is 9.53 Å². The van der Waals surface area contributed by atoms with Gasteiger partial charge >= 0.3 is 11.7 Å². The zero-order valence-electron chi connectivity index (χ0n) is 9.76. The molecule has 0 heterocycles. The lowest BCUT2D eigenvalue weighted by molar-refractivity contribution is -0.385. The Kier molecular flexibility index (Phi) is 3.52. The molecule has 7 heteroatoms. The second kappa shape index (κ2) is 4.54. The molecule has 0 aromatic heterocycles. The summed E-state index contributed by atoms with van der Waals surface area (Å²) < 4.78 is 5.52. The molecule has 6 nitrogen and oxygen atoms in total. The van der Waals surface area contributed by atoms with Gasteiger partial charge < -0.3 is 9.53 Å². The van der Waals surface area contributed by atoms with Crippen molar-refractivity contribution in [3.63, 3.8) is 0 Å². The fourth-order valence-electron chi connectivity index (χ4n) is 1.21. The third-order valence-electron chi connectivity index (χ3n) is 1.82. The summed E-state index contributed by atoms with van der Waals surface area (Å²) in [7, 11) is -2.03. The number of carbonyl (C=O) groups is 1. The van der Waals surface area contributed by atoms with Gasteiger partial charge in [-0.15, -0.1) is 0 Å². The second-order valence-electron chi connectivity index (χ2n) is 4.46. The zero-order valence-corrected chi connectivity index (χ0v) is 10.8. The summed E-state index contributed by atoms with van der Waals surface area (Å²) in [5.41, 5.74) is -0.235. The van der Waals surface area contributed by atoms with Gasteiger partial charge in [0.1, 0.15) is 0 Å². The predicted molar refractivity (Wildman–Crippen MR) is 64.0 cm³/mol. The molecule has 1 aromatic rings. The van der Waals surface area contributed by atoms with E-state index in [1.54, 1.807) is 0 Å². The Morgan fingerprint density at radius 1 is 1.41 bits per heavy atom. The lowest BCUT2D eigenvalue weighted by Gasteiger charge is -2.19. The van der Waals surface area contributed by atoms with Crippen LogP contribution in [0.3, 0.4) is 0 Å². The summed E-state index contributed by atoms with van der Waals surface area (Å²) in [5, 5.41) is 19.6. The third-order valence-corrected chi connectivity index (χ3v) is 2.65. The summed E-state index contributed by atoms with van der Waals surface area (Å²) in [4.78, 5) is 21.0. The van der Waals surface area contributed by atoms with Gasteiger partial charge in [0.25, 0.3) is 0 Å². The Labute approximate surface area is 99.1 Å². The molecule has 0 aliphatic carbocycles. The molecule has 0 atom stereocenters. The quantitative estimate of drug-likeness (QED) is 0.507. The van der Waals surface area contributed by atoms with Gasteiger partial charge in [0, 0.05) is 12.1 Å². The van der Waals surface area contributed by atoms with Gasteiger partial charge in [-0.25, -0.2) is 4.79 Å². The normalized spacial score (nSPS) is 11.0. The van der Waals surface area contributed by atoms with Crippen molar-refractivity contribution in [2.45, 2.75) is 19.6 Å². The molecule has 0 amide bonds. The maximum atomic E-state index is 10.8. The number of carboxylic acids is 1. The van der Waals surface area contributed by atoms with Crippen molar-refractivity contribution in [1.29, 1.82) is 0 Å². The van der Waals surface area contributed by atoms with E-state index in [1.165, 1.54) is 12.1 Å². The lowest BCUT2D eigenvalue weighted by atomic mass is 10.2. The number of benzene rings is 1. The van der Waals surface area contributed by atoms with E-state index in [-0.39, 0.29) is 17.0 Å². The highest BCUT2D eigenvalue weighted by Gasteiger charge is 2.24. The zero-order chi connectivity index (χ0) is 13.2. The van der Waals surface area contributed by atoms with E-state index in [1.807, 2.05) is 19.6 Å². The Balaban J connectivity index is 3.25. The Bertz CT molecular complexity index is 466. The molecule has 0 spiro atoms. The molecule has 0 radical (unpaired) electrons. The van der Waals surface area contributed by atoms with E-state index in [0.717, 1.165) is 6.07 Å². The number of carboxylic acid groups (broad SMARTS) is 1. The van der Waals surface area contributed by atoms with Crippen LogP contribution in [0.4, 0.5) is 5.69 Å². The number of nitro benzene ring substituents is 1. The largest absolute Gasteiger partial charge is 0.540 e. The lowest BCUT2D eigenvalue weighted by Crippen LogP contribution is -2.29. The molecule has 92 valence electrons. The maximum Gasteiger partial charge on any atom is 0.335 e. The first kappa shape index (κ1) is 13.2. The van der Waals surface area contributed by atoms with Crippen LogP contribution in [0.2, 0.25) is 19.6 Å². The van der Waals surface area contributed by atoms with Crippen LogP contribution in [0.5, 0.6) is 5.75 Å². The number of nitrogens with zero attached hydrogens (tertiary/aromatic N) is 1. The first-order valence-electron chi connectivity index (χ1n) is 4.91. The van der Waals surface area contributed by atoms with Crippen molar-refractivity contribution < 1.29 is 19.3 Å². The number of hydrogen-bond donors (Lipinski definition) is 1. The minimum atomic E-state index is -2.03. The fourth-order valence-corrected chi connectivity index (χ4v) is 2.03. The highest BCUT2D eigenvalue weighted by atomic mass is 28.4. The topological polar surface area (TPSA) is 89.7 Å². The first-order valence-corrected chi connectivity index (χ1v) is 8.32. The van der Waals surface area contributed by atoms with E-state index in [2.05, 4.69) is 0 Å². The highest BCUT2D eigenvalue weighted by Crippen LogP contribution is 2.30. The molecular weight excluding hydrogens is 242 g/mol. The van der Waals surface area contributed by atoms with Crippen molar-refractivity contribution in [3.8, 4) is 5.75 Å². The van der Waals surface area contributed by atoms with Gasteiger partial charge in [-0.1, -0.05) is 0 Å². The monoisotopic (exact) mass is 255 g/mol. The van der Waals surface area contributed by atoms with Crippen LogP contribution in [0.25, 0.3) is 0 Å². The smallest absolute Gasteiger partial charge is 0.335 e. The van der Waals surface area contributed by atoms with Crippen molar-refractivity contribution in [1.82, 2.24) is 0 Å². The summed E-state index contributed by atoms with van der Waals surface area (Å²) in [6.07, 6.45) is 0. The Hall–Kier alpha value is -1.89. The van der Waals surface area contributed by atoms with Crippen LogP contribution in [-0.4, -0.2) is 24.3 Å². The molecule has 0 saturated carbocycles. The van der Waals surface area contributed by atoms with E-state index < -0.39 is 19.2 Å². The van der Waals surface area contributed by atoms with Gasteiger partial charge in [0.05, 0.1) is 10.5 Å². The van der Waals surface area contributed by atoms with Crippen molar-refractivity contribution in [2.24, 2.45) is 0 Å². The Morgan fingerprint density at radius 3 is 2.41 bits per heavy atom. The van der Waals surface area contributed by atoms with Gasteiger partial charge in [0.15, 0.2) is 5.75 Å². The highest BCUT2D eigenvalue weighted by molar-refractivity contribution is 6.70. The maximum absolute atomic E-state index is 10.8. The molecule has 1 rings (SSSR count). The number of rotatable bonds is 4. The van der Waals surface area contributed by atoms with Crippen LogP contribution < -0.4 is 4.43 Å². The summed E-state index contributed by atoms with van der Waals surface area (Å²) in [5.74, 6) is -1.12. The van der Waals surface area contributed by atoms with Crippen molar-refractivity contribution in [3.05, 3.63) is 33.9 Å². The van der Waals surface area contributed by atoms with Crippen LogP contribution in [0.1, 0.15) is 10.4 Å². The van der Waals surface area contributed by atoms with Crippen LogP contribution in [0.15, 0.2) is 18.2 Å². The molecule has 0 fully saturated rings. The molecular formula is C10H13NO5Si. The molecule has 1 N–H and O–H groups in total.